The van der Waals surface area contributed by atoms with Crippen molar-refractivity contribution in [2.45, 2.75) is 13.8 Å². The zero-order valence-electron chi connectivity index (χ0n) is 14.9. The molecule has 132 valence electrons. The second-order valence-electron chi connectivity index (χ2n) is 5.88. The number of hydrogen-bond acceptors (Lipinski definition) is 5. The number of anilines is 4. The van der Waals surface area contributed by atoms with Gasteiger partial charge in [0.2, 0.25) is 5.95 Å². The lowest BCUT2D eigenvalue weighted by atomic mass is 10.1. The van der Waals surface area contributed by atoms with E-state index >= 15 is 0 Å². The highest BCUT2D eigenvalue weighted by Crippen LogP contribution is 2.29. The maximum Gasteiger partial charge on any atom is 0.229 e. The highest BCUT2D eigenvalue weighted by molar-refractivity contribution is 5.68. The smallest absolute Gasteiger partial charge is 0.229 e. The lowest BCUT2D eigenvalue weighted by Crippen LogP contribution is -2.02. The van der Waals surface area contributed by atoms with Gasteiger partial charge in [-0.3, -0.25) is 0 Å². The maximum absolute atomic E-state index is 8.60. The Kier molecular flexibility index (Phi) is 5.22. The molecule has 2 N–H and O–H groups in total. The van der Waals surface area contributed by atoms with Crippen LogP contribution < -0.4 is 10.6 Å². The van der Waals surface area contributed by atoms with Gasteiger partial charge in [0, 0.05) is 33.7 Å². The quantitative estimate of drug-likeness (QED) is 0.273. The average molecular weight is 355 g/mol. The normalized spacial score (nSPS) is 9.81. The van der Waals surface area contributed by atoms with Crippen LogP contribution in [-0.2, 0) is 0 Å². The van der Waals surface area contributed by atoms with E-state index in [1.807, 2.05) is 50.2 Å². The van der Waals surface area contributed by atoms with Crippen LogP contribution in [0, 0.1) is 26.2 Å². The number of hydrogen-bond donors (Lipinski definition) is 2. The Morgan fingerprint density at radius 2 is 1.78 bits per heavy atom. The molecule has 0 saturated heterocycles. The number of nitrogens with zero attached hydrogens (tertiary/aromatic N) is 5. The molecule has 3 rings (SSSR count). The Balaban J connectivity index is 1.81. The molecular formula is C20H17N7. The third kappa shape index (κ3) is 4.34. The fraction of sp³-hybridized carbons (Fsp3) is 0.100. The number of benzene rings is 2. The molecule has 0 aliphatic heterocycles. The van der Waals surface area contributed by atoms with Crippen molar-refractivity contribution in [3.05, 3.63) is 75.8 Å². The molecule has 1 heterocycles. The van der Waals surface area contributed by atoms with Gasteiger partial charge < -0.3 is 10.6 Å². The standard InChI is InChI=1S/C20H17N7/c1-4-15-5-7-16(8-6-15)23-20-22-10-9-18(25-20)24-19-13(2)11-17(26-27-21)12-14(19)3/h1,5-12H,2-3H3,(H2,22,23,24,25). The molecule has 7 nitrogen and oxygen atoms in total. The summed E-state index contributed by atoms with van der Waals surface area (Å²) in [4.78, 5) is 11.6. The minimum Gasteiger partial charge on any atom is -0.340 e. The van der Waals surface area contributed by atoms with Gasteiger partial charge in [-0.05, 0) is 73.0 Å². The largest absolute Gasteiger partial charge is 0.340 e. The van der Waals surface area contributed by atoms with E-state index in [0.717, 1.165) is 28.1 Å². The molecule has 3 aromatic rings. The van der Waals surface area contributed by atoms with Crippen molar-refractivity contribution < 1.29 is 0 Å². The fourth-order valence-corrected chi connectivity index (χ4v) is 2.64. The second kappa shape index (κ2) is 7.91. The summed E-state index contributed by atoms with van der Waals surface area (Å²) in [6, 6.07) is 12.9. The van der Waals surface area contributed by atoms with Crippen molar-refractivity contribution in [2.75, 3.05) is 10.6 Å². The number of terminal acetylenes is 1. The van der Waals surface area contributed by atoms with Crippen LogP contribution in [0.25, 0.3) is 10.4 Å². The van der Waals surface area contributed by atoms with Crippen LogP contribution in [0.15, 0.2) is 53.8 Å². The van der Waals surface area contributed by atoms with E-state index < -0.39 is 0 Å². The summed E-state index contributed by atoms with van der Waals surface area (Å²) in [6.45, 7) is 3.89. The van der Waals surface area contributed by atoms with E-state index in [4.69, 9.17) is 12.0 Å². The molecule has 7 heteroatoms. The first-order valence-electron chi connectivity index (χ1n) is 8.19. The molecule has 0 fully saturated rings. The van der Waals surface area contributed by atoms with Gasteiger partial charge in [0.05, 0.1) is 0 Å². The monoisotopic (exact) mass is 355 g/mol. The highest BCUT2D eigenvalue weighted by Gasteiger charge is 2.07. The minimum absolute atomic E-state index is 0.467. The van der Waals surface area contributed by atoms with Crippen molar-refractivity contribution in [2.24, 2.45) is 5.11 Å². The van der Waals surface area contributed by atoms with E-state index in [1.165, 1.54) is 0 Å². The van der Waals surface area contributed by atoms with Gasteiger partial charge in [-0.25, -0.2) is 4.98 Å². The van der Waals surface area contributed by atoms with Crippen LogP contribution in [0.5, 0.6) is 0 Å². The molecule has 0 radical (unpaired) electrons. The SMILES string of the molecule is C#Cc1ccc(Nc2nccc(Nc3c(C)cc(N=[N+]=[N-])cc3C)n2)cc1. The van der Waals surface area contributed by atoms with E-state index in [0.29, 0.717) is 17.5 Å². The van der Waals surface area contributed by atoms with Gasteiger partial charge in [0.1, 0.15) is 5.82 Å². The third-order valence-corrected chi connectivity index (χ3v) is 3.89. The number of rotatable bonds is 5. The van der Waals surface area contributed by atoms with Gasteiger partial charge in [0.25, 0.3) is 0 Å². The Morgan fingerprint density at radius 1 is 1.07 bits per heavy atom. The molecule has 0 aliphatic rings. The molecule has 0 unspecified atom stereocenters. The minimum atomic E-state index is 0.467. The maximum atomic E-state index is 8.60. The van der Waals surface area contributed by atoms with Crippen LogP contribution in [-0.4, -0.2) is 9.97 Å². The van der Waals surface area contributed by atoms with Gasteiger partial charge in [-0.15, -0.1) is 6.42 Å². The lowest BCUT2D eigenvalue weighted by Gasteiger charge is -2.14. The summed E-state index contributed by atoms with van der Waals surface area (Å²) in [5, 5.41) is 10.1. The van der Waals surface area contributed by atoms with Gasteiger partial charge >= 0.3 is 0 Å². The van der Waals surface area contributed by atoms with E-state index in [2.05, 4.69) is 36.5 Å². The zero-order chi connectivity index (χ0) is 19.2. The zero-order valence-corrected chi connectivity index (χ0v) is 14.9. The molecule has 0 atom stereocenters. The second-order valence-corrected chi connectivity index (χ2v) is 5.88. The highest BCUT2D eigenvalue weighted by atomic mass is 15.1. The Morgan fingerprint density at radius 3 is 2.41 bits per heavy atom. The first-order chi connectivity index (χ1) is 13.1. The van der Waals surface area contributed by atoms with E-state index in [1.54, 1.807) is 12.3 Å². The molecule has 0 aliphatic carbocycles. The summed E-state index contributed by atoms with van der Waals surface area (Å²) in [5.41, 5.74) is 13.7. The number of aryl methyl sites for hydroxylation is 2. The Bertz CT molecular complexity index is 1040. The van der Waals surface area contributed by atoms with Gasteiger partial charge in [-0.2, -0.15) is 4.98 Å². The molecule has 0 spiro atoms. The topological polar surface area (TPSA) is 98.6 Å². The van der Waals surface area contributed by atoms with E-state index in [-0.39, 0.29) is 0 Å². The van der Waals surface area contributed by atoms with Crippen LogP contribution in [0.4, 0.5) is 28.8 Å². The molecule has 2 aromatic carbocycles. The predicted molar refractivity (Wildman–Crippen MR) is 108 cm³/mol. The first kappa shape index (κ1) is 17.8. The molecular weight excluding hydrogens is 338 g/mol. The molecule has 0 bridgehead atoms. The van der Waals surface area contributed by atoms with Crippen molar-refractivity contribution in [3.63, 3.8) is 0 Å². The van der Waals surface area contributed by atoms with Crippen molar-refractivity contribution >= 4 is 28.8 Å². The van der Waals surface area contributed by atoms with Gasteiger partial charge in [-0.1, -0.05) is 11.0 Å². The lowest BCUT2D eigenvalue weighted by molar-refractivity contribution is 1.16. The molecule has 0 amide bonds. The third-order valence-electron chi connectivity index (χ3n) is 3.89. The number of azide groups is 1. The van der Waals surface area contributed by atoms with Gasteiger partial charge in [0.15, 0.2) is 0 Å². The Hall–Kier alpha value is -4.01. The summed E-state index contributed by atoms with van der Waals surface area (Å²) in [6.07, 6.45) is 7.04. The van der Waals surface area contributed by atoms with Crippen LogP contribution in [0.2, 0.25) is 0 Å². The summed E-state index contributed by atoms with van der Waals surface area (Å²) in [5.74, 6) is 3.70. The number of nitrogens with one attached hydrogen (secondary N) is 2. The number of aromatic nitrogens is 2. The van der Waals surface area contributed by atoms with Crippen molar-refractivity contribution in [1.29, 1.82) is 0 Å². The summed E-state index contributed by atoms with van der Waals surface area (Å²) in [7, 11) is 0. The van der Waals surface area contributed by atoms with Crippen LogP contribution in [0.1, 0.15) is 16.7 Å². The van der Waals surface area contributed by atoms with Crippen molar-refractivity contribution in [3.8, 4) is 12.3 Å². The van der Waals surface area contributed by atoms with Crippen LogP contribution in [0.3, 0.4) is 0 Å². The van der Waals surface area contributed by atoms with Crippen molar-refractivity contribution in [1.82, 2.24) is 9.97 Å². The molecule has 1 aromatic heterocycles. The molecule has 27 heavy (non-hydrogen) atoms. The average Bonchev–Trinajstić information content (AvgIpc) is 2.66. The van der Waals surface area contributed by atoms with Crippen LogP contribution >= 0.6 is 0 Å². The Labute approximate surface area is 157 Å². The molecule has 0 saturated carbocycles. The summed E-state index contributed by atoms with van der Waals surface area (Å²) < 4.78 is 0. The summed E-state index contributed by atoms with van der Waals surface area (Å²) >= 11 is 0. The fourth-order valence-electron chi connectivity index (χ4n) is 2.64. The predicted octanol–water partition coefficient (Wildman–Crippen LogP) is 5.50. The van der Waals surface area contributed by atoms with E-state index in [9.17, 15) is 0 Å². The first-order valence-corrected chi connectivity index (χ1v) is 8.19.